The van der Waals surface area contributed by atoms with Crippen LogP contribution in [0.5, 0.6) is 0 Å². The summed E-state index contributed by atoms with van der Waals surface area (Å²) in [6, 6.07) is 13.5. The van der Waals surface area contributed by atoms with Crippen molar-refractivity contribution in [1.82, 2.24) is 5.32 Å². The van der Waals surface area contributed by atoms with Crippen LogP contribution in [0.3, 0.4) is 0 Å². The van der Waals surface area contributed by atoms with Crippen LogP contribution in [0, 0.1) is 24.2 Å². The summed E-state index contributed by atoms with van der Waals surface area (Å²) in [7, 11) is 0. The first kappa shape index (κ1) is 18.9. The van der Waals surface area contributed by atoms with E-state index in [2.05, 4.69) is 11.2 Å². The Kier molecular flexibility index (Phi) is 4.04. The Morgan fingerprint density at radius 1 is 1.13 bits per heavy atom. The van der Waals surface area contributed by atoms with Crippen LogP contribution in [0.4, 0.5) is 11.4 Å². The number of nitrogens with one attached hydrogen (secondary N) is 1. The zero-order valence-electron chi connectivity index (χ0n) is 16.1. The molecule has 3 aliphatic heterocycles. The molecule has 2 saturated heterocycles. The largest absolute Gasteiger partial charge is 0.298 e. The second-order valence-electron chi connectivity index (χ2n) is 7.85. The van der Waals surface area contributed by atoms with Crippen LogP contribution in [0.25, 0.3) is 0 Å². The second-order valence-corrected chi connectivity index (χ2v) is 8.29. The number of anilines is 2. The molecule has 3 heterocycles. The van der Waals surface area contributed by atoms with E-state index in [-0.39, 0.29) is 24.4 Å². The van der Waals surface area contributed by atoms with Gasteiger partial charge < -0.3 is 0 Å². The van der Waals surface area contributed by atoms with Gasteiger partial charge in [-0.15, -0.1) is 6.42 Å². The van der Waals surface area contributed by atoms with Crippen LogP contribution in [-0.4, -0.2) is 30.3 Å². The number of fused-ring (bicyclic) bond motifs is 4. The molecule has 3 amide bonds. The molecule has 2 aromatic carbocycles. The van der Waals surface area contributed by atoms with Gasteiger partial charge >= 0.3 is 0 Å². The molecular weight excluding hydrogens is 402 g/mol. The van der Waals surface area contributed by atoms with E-state index in [9.17, 15) is 14.4 Å². The van der Waals surface area contributed by atoms with Gasteiger partial charge in [-0.1, -0.05) is 41.8 Å². The molecule has 0 aliphatic carbocycles. The monoisotopic (exact) mass is 419 g/mol. The van der Waals surface area contributed by atoms with Crippen molar-refractivity contribution in [1.29, 1.82) is 0 Å². The average Bonchev–Trinajstić information content (AvgIpc) is 3.27. The maximum atomic E-state index is 13.7. The Bertz CT molecular complexity index is 1160. The zero-order valence-corrected chi connectivity index (χ0v) is 16.9. The summed E-state index contributed by atoms with van der Waals surface area (Å²) in [4.78, 5) is 43.4. The van der Waals surface area contributed by atoms with E-state index in [0.29, 0.717) is 22.0 Å². The van der Waals surface area contributed by atoms with Crippen molar-refractivity contribution in [2.24, 2.45) is 11.8 Å². The lowest BCUT2D eigenvalue weighted by Gasteiger charge is -2.30. The molecule has 2 aromatic rings. The van der Waals surface area contributed by atoms with Crippen molar-refractivity contribution in [3.63, 3.8) is 0 Å². The van der Waals surface area contributed by atoms with Crippen molar-refractivity contribution in [3.05, 3.63) is 59.1 Å². The number of benzene rings is 2. The van der Waals surface area contributed by atoms with Crippen molar-refractivity contribution in [3.8, 4) is 12.3 Å². The summed E-state index contributed by atoms with van der Waals surface area (Å²) in [6.07, 6.45) is 5.50. The predicted molar refractivity (Wildman–Crippen MR) is 113 cm³/mol. The molecule has 1 spiro atoms. The summed E-state index contributed by atoms with van der Waals surface area (Å²) in [6.45, 7) is 1.92. The Morgan fingerprint density at radius 3 is 2.63 bits per heavy atom. The van der Waals surface area contributed by atoms with Gasteiger partial charge in [-0.2, -0.15) is 0 Å². The molecule has 3 aliphatic rings. The minimum Gasteiger partial charge on any atom is -0.298 e. The minimum absolute atomic E-state index is 0.0885. The highest BCUT2D eigenvalue weighted by Crippen LogP contribution is 2.54. The molecule has 0 bridgehead atoms. The smallest absolute Gasteiger partial charge is 0.253 e. The van der Waals surface area contributed by atoms with Gasteiger partial charge in [0.05, 0.1) is 29.8 Å². The van der Waals surface area contributed by atoms with Crippen LogP contribution in [-0.2, 0) is 19.9 Å². The van der Waals surface area contributed by atoms with Gasteiger partial charge in [-0.25, -0.2) is 4.90 Å². The molecule has 150 valence electrons. The summed E-state index contributed by atoms with van der Waals surface area (Å²) in [5.74, 6) is -0.0459. The number of nitrogens with zero attached hydrogens (tertiary/aromatic N) is 2. The number of para-hydroxylation sites is 1. The molecule has 5 rings (SSSR count). The van der Waals surface area contributed by atoms with Gasteiger partial charge in [0.1, 0.15) is 5.54 Å². The fourth-order valence-corrected chi connectivity index (χ4v) is 5.41. The zero-order chi connectivity index (χ0) is 21.2. The lowest BCUT2D eigenvalue weighted by Crippen LogP contribution is -2.55. The summed E-state index contributed by atoms with van der Waals surface area (Å²) >= 11 is 6.09. The quantitative estimate of drug-likeness (QED) is 0.599. The lowest BCUT2D eigenvalue weighted by molar-refractivity contribution is -0.132. The van der Waals surface area contributed by atoms with E-state index in [1.807, 2.05) is 31.2 Å². The third-order valence-electron chi connectivity index (χ3n) is 6.33. The molecule has 0 saturated carbocycles. The minimum atomic E-state index is -1.32. The van der Waals surface area contributed by atoms with Crippen LogP contribution < -0.4 is 15.1 Å². The predicted octanol–water partition coefficient (Wildman–Crippen LogP) is 2.31. The number of terminal acetylenes is 1. The van der Waals surface area contributed by atoms with Crippen molar-refractivity contribution in [2.75, 3.05) is 16.3 Å². The van der Waals surface area contributed by atoms with Gasteiger partial charge in [-0.05, 0) is 31.2 Å². The van der Waals surface area contributed by atoms with Crippen molar-refractivity contribution < 1.29 is 14.4 Å². The average molecular weight is 420 g/mol. The van der Waals surface area contributed by atoms with Gasteiger partial charge in [0.15, 0.2) is 0 Å². The first-order valence-electron chi connectivity index (χ1n) is 9.68. The SMILES string of the molecule is C#CCN1C(=O)[C@@]2(NC(C)C3C(=O)N(c4cccc(Cl)c4)C(=O)C32)c2ccccc21. The van der Waals surface area contributed by atoms with Crippen LogP contribution >= 0.6 is 11.6 Å². The summed E-state index contributed by atoms with van der Waals surface area (Å²) < 4.78 is 0. The van der Waals surface area contributed by atoms with E-state index in [4.69, 9.17) is 18.0 Å². The third kappa shape index (κ3) is 2.22. The number of rotatable bonds is 2. The summed E-state index contributed by atoms with van der Waals surface area (Å²) in [5, 5.41) is 3.74. The van der Waals surface area contributed by atoms with E-state index < -0.39 is 23.3 Å². The number of hydrogen-bond donors (Lipinski definition) is 1. The standard InChI is InChI=1S/C23H18ClN3O3/c1-3-11-26-17-10-5-4-9-16(17)23(22(26)30)19-18(13(2)25-23)20(28)27(21(19)29)15-8-6-7-14(24)12-15/h1,4-10,12-13,18-19,25H,11H2,2H3/t13?,18?,19?,23-/m1/s1. The third-order valence-corrected chi connectivity index (χ3v) is 6.56. The number of halogens is 1. The van der Waals surface area contributed by atoms with Gasteiger partial charge in [0.2, 0.25) is 11.8 Å². The van der Waals surface area contributed by atoms with Crippen LogP contribution in [0.15, 0.2) is 48.5 Å². The topological polar surface area (TPSA) is 69.7 Å². The highest BCUT2D eigenvalue weighted by molar-refractivity contribution is 6.31. The molecule has 6 nitrogen and oxygen atoms in total. The molecule has 2 fully saturated rings. The van der Waals surface area contributed by atoms with Crippen LogP contribution in [0.2, 0.25) is 5.02 Å². The maximum Gasteiger partial charge on any atom is 0.253 e. The van der Waals surface area contributed by atoms with Gasteiger partial charge in [-0.3, -0.25) is 24.6 Å². The van der Waals surface area contributed by atoms with E-state index in [0.717, 1.165) is 0 Å². The highest BCUT2D eigenvalue weighted by atomic mass is 35.5. The van der Waals surface area contributed by atoms with Crippen LogP contribution in [0.1, 0.15) is 12.5 Å². The molecule has 4 atom stereocenters. The number of hydrogen-bond acceptors (Lipinski definition) is 4. The Hall–Kier alpha value is -3.14. The normalized spacial score (nSPS) is 29.5. The molecule has 3 unspecified atom stereocenters. The number of carbonyl (C=O) groups excluding carboxylic acids is 3. The van der Waals surface area contributed by atoms with Gasteiger partial charge in [0, 0.05) is 16.6 Å². The molecule has 0 aromatic heterocycles. The molecule has 30 heavy (non-hydrogen) atoms. The Balaban J connectivity index is 1.68. The first-order valence-corrected chi connectivity index (χ1v) is 10.1. The number of amides is 3. The van der Waals surface area contributed by atoms with E-state index in [1.54, 1.807) is 24.3 Å². The summed E-state index contributed by atoms with van der Waals surface area (Å²) in [5.41, 5.74) is 0.437. The van der Waals surface area contributed by atoms with Gasteiger partial charge in [0.25, 0.3) is 5.91 Å². The number of imide groups is 1. The van der Waals surface area contributed by atoms with Crippen molar-refractivity contribution in [2.45, 2.75) is 18.5 Å². The lowest BCUT2D eigenvalue weighted by atomic mass is 9.76. The second kappa shape index (κ2) is 6.43. The molecule has 1 N–H and O–H groups in total. The van der Waals surface area contributed by atoms with E-state index in [1.165, 1.54) is 9.80 Å². The Labute approximate surface area is 178 Å². The fraction of sp³-hybridized carbons (Fsp3) is 0.261. The molecule has 0 radical (unpaired) electrons. The van der Waals surface area contributed by atoms with Crippen molar-refractivity contribution >= 4 is 40.7 Å². The Morgan fingerprint density at radius 2 is 1.90 bits per heavy atom. The first-order chi connectivity index (χ1) is 14.4. The molecular formula is C23H18ClN3O3. The maximum absolute atomic E-state index is 13.7. The number of carbonyl (C=O) groups is 3. The van der Waals surface area contributed by atoms with E-state index >= 15 is 0 Å². The highest BCUT2D eigenvalue weighted by Gasteiger charge is 2.71. The fourth-order valence-electron chi connectivity index (χ4n) is 5.23. The molecule has 7 heteroatoms.